The van der Waals surface area contributed by atoms with Crippen molar-refractivity contribution >= 4 is 11.8 Å². The van der Waals surface area contributed by atoms with E-state index in [1.807, 2.05) is 11.8 Å². The van der Waals surface area contributed by atoms with Crippen LogP contribution in [0.25, 0.3) is 0 Å². The van der Waals surface area contributed by atoms with Crippen LogP contribution in [0, 0.1) is 5.82 Å². The SMILES string of the molecule is COc1ccc(F)cc1C1CCS1. The first kappa shape index (κ1) is 8.88. The normalized spacial score (nSPS) is 20.9. The molecule has 0 aromatic heterocycles. The first-order valence-corrected chi connectivity index (χ1v) is 5.31. The minimum atomic E-state index is -0.178. The lowest BCUT2D eigenvalue weighted by Crippen LogP contribution is -2.08. The second-order valence-electron chi connectivity index (χ2n) is 3.03. The van der Waals surface area contributed by atoms with Crippen LogP contribution in [0.2, 0.25) is 0 Å². The molecule has 1 heterocycles. The second-order valence-corrected chi connectivity index (χ2v) is 4.34. The van der Waals surface area contributed by atoms with Gasteiger partial charge in [-0.2, -0.15) is 11.8 Å². The van der Waals surface area contributed by atoms with Crippen molar-refractivity contribution in [1.29, 1.82) is 0 Å². The highest BCUT2D eigenvalue weighted by Crippen LogP contribution is 2.45. The summed E-state index contributed by atoms with van der Waals surface area (Å²) < 4.78 is 18.1. The van der Waals surface area contributed by atoms with Crippen molar-refractivity contribution in [3.8, 4) is 5.75 Å². The van der Waals surface area contributed by atoms with Crippen LogP contribution < -0.4 is 4.74 Å². The van der Waals surface area contributed by atoms with Crippen molar-refractivity contribution in [3.63, 3.8) is 0 Å². The van der Waals surface area contributed by atoms with Gasteiger partial charge in [0.25, 0.3) is 0 Å². The van der Waals surface area contributed by atoms with Gasteiger partial charge >= 0.3 is 0 Å². The lowest BCUT2D eigenvalue weighted by molar-refractivity contribution is 0.407. The predicted octanol–water partition coefficient (Wildman–Crippen LogP) is 3.01. The van der Waals surface area contributed by atoms with Crippen molar-refractivity contribution in [3.05, 3.63) is 29.6 Å². The van der Waals surface area contributed by atoms with Crippen molar-refractivity contribution in [2.45, 2.75) is 11.7 Å². The van der Waals surface area contributed by atoms with Gasteiger partial charge in [-0.3, -0.25) is 0 Å². The highest BCUT2D eigenvalue weighted by molar-refractivity contribution is 8.00. The molecule has 1 aliphatic rings. The van der Waals surface area contributed by atoms with Gasteiger partial charge in [0.05, 0.1) is 7.11 Å². The number of hydrogen-bond donors (Lipinski definition) is 0. The van der Waals surface area contributed by atoms with Crippen molar-refractivity contribution in [1.82, 2.24) is 0 Å². The minimum absolute atomic E-state index is 0.178. The van der Waals surface area contributed by atoms with Gasteiger partial charge in [-0.05, 0) is 30.4 Å². The van der Waals surface area contributed by atoms with Crippen molar-refractivity contribution in [2.75, 3.05) is 12.9 Å². The molecule has 1 atom stereocenters. The van der Waals surface area contributed by atoms with Gasteiger partial charge in [0.1, 0.15) is 11.6 Å². The molecule has 0 radical (unpaired) electrons. The predicted molar refractivity (Wildman–Crippen MR) is 52.8 cm³/mol. The highest BCUT2D eigenvalue weighted by Gasteiger charge is 2.23. The fourth-order valence-electron chi connectivity index (χ4n) is 1.44. The third-order valence-corrected chi connectivity index (χ3v) is 3.60. The van der Waals surface area contributed by atoms with Crippen molar-refractivity contribution < 1.29 is 9.13 Å². The Hall–Kier alpha value is -0.700. The van der Waals surface area contributed by atoms with Crippen LogP contribution in [0.5, 0.6) is 5.75 Å². The Kier molecular flexibility index (Phi) is 2.44. The van der Waals surface area contributed by atoms with Crippen LogP contribution in [0.4, 0.5) is 4.39 Å². The van der Waals surface area contributed by atoms with E-state index in [4.69, 9.17) is 4.74 Å². The summed E-state index contributed by atoms with van der Waals surface area (Å²) in [6.07, 6.45) is 1.13. The van der Waals surface area contributed by atoms with Gasteiger partial charge in [0.15, 0.2) is 0 Å². The van der Waals surface area contributed by atoms with Crippen LogP contribution in [0.1, 0.15) is 17.2 Å². The van der Waals surface area contributed by atoms with Gasteiger partial charge < -0.3 is 4.74 Å². The van der Waals surface area contributed by atoms with E-state index in [0.717, 1.165) is 17.7 Å². The number of benzene rings is 1. The van der Waals surface area contributed by atoms with Gasteiger partial charge in [0, 0.05) is 10.8 Å². The lowest BCUT2D eigenvalue weighted by Gasteiger charge is -2.26. The van der Waals surface area contributed by atoms with E-state index in [1.54, 1.807) is 19.2 Å². The first-order valence-electron chi connectivity index (χ1n) is 4.26. The molecule has 0 amide bonds. The summed E-state index contributed by atoms with van der Waals surface area (Å²) in [7, 11) is 1.63. The van der Waals surface area contributed by atoms with E-state index in [0.29, 0.717) is 5.25 Å². The Bertz CT molecular complexity index is 310. The summed E-state index contributed by atoms with van der Waals surface area (Å²) in [4.78, 5) is 0. The molecule has 2 rings (SSSR count). The molecule has 0 bridgehead atoms. The Morgan fingerprint density at radius 1 is 1.54 bits per heavy atom. The molecule has 1 aromatic rings. The maximum Gasteiger partial charge on any atom is 0.123 e. The topological polar surface area (TPSA) is 9.23 Å². The number of hydrogen-bond acceptors (Lipinski definition) is 2. The average Bonchev–Trinajstić information content (AvgIpc) is 2.02. The zero-order chi connectivity index (χ0) is 9.26. The van der Waals surface area contributed by atoms with Crippen molar-refractivity contribution in [2.24, 2.45) is 0 Å². The quantitative estimate of drug-likeness (QED) is 0.722. The molecular formula is C10H11FOS. The summed E-state index contributed by atoms with van der Waals surface area (Å²) in [5.41, 5.74) is 0.999. The number of methoxy groups -OCH3 is 1. The Morgan fingerprint density at radius 3 is 2.85 bits per heavy atom. The number of thioether (sulfide) groups is 1. The van der Waals surface area contributed by atoms with Crippen LogP contribution in [0.15, 0.2) is 18.2 Å². The number of halogens is 1. The maximum absolute atomic E-state index is 12.9. The van der Waals surface area contributed by atoms with Gasteiger partial charge in [-0.1, -0.05) is 0 Å². The van der Waals surface area contributed by atoms with Crippen LogP contribution in [-0.4, -0.2) is 12.9 Å². The second kappa shape index (κ2) is 3.58. The van der Waals surface area contributed by atoms with E-state index in [2.05, 4.69) is 0 Å². The molecule has 1 unspecified atom stereocenters. The molecule has 1 saturated heterocycles. The molecule has 70 valence electrons. The monoisotopic (exact) mass is 198 g/mol. The first-order chi connectivity index (χ1) is 6.31. The van der Waals surface area contributed by atoms with Gasteiger partial charge in [-0.15, -0.1) is 0 Å². The van der Waals surface area contributed by atoms with E-state index in [9.17, 15) is 4.39 Å². The van der Waals surface area contributed by atoms with E-state index in [1.165, 1.54) is 11.8 Å². The summed E-state index contributed by atoms with van der Waals surface area (Å²) in [6, 6.07) is 4.71. The standard InChI is InChI=1S/C10H11FOS/c1-12-9-3-2-7(11)6-8(9)10-4-5-13-10/h2-3,6,10H,4-5H2,1H3. The zero-order valence-corrected chi connectivity index (χ0v) is 8.23. The van der Waals surface area contributed by atoms with Crippen LogP contribution >= 0.6 is 11.8 Å². The average molecular weight is 198 g/mol. The summed E-state index contributed by atoms with van der Waals surface area (Å²) >= 11 is 1.85. The van der Waals surface area contributed by atoms with Gasteiger partial charge in [-0.25, -0.2) is 4.39 Å². The molecule has 3 heteroatoms. The molecule has 0 spiro atoms. The third-order valence-electron chi connectivity index (χ3n) is 2.24. The third kappa shape index (κ3) is 1.66. The molecule has 1 nitrogen and oxygen atoms in total. The van der Waals surface area contributed by atoms with Gasteiger partial charge in [0.2, 0.25) is 0 Å². The molecule has 0 aliphatic carbocycles. The Labute approximate surface area is 81.3 Å². The molecule has 0 saturated carbocycles. The largest absolute Gasteiger partial charge is 0.496 e. The molecule has 1 fully saturated rings. The maximum atomic E-state index is 12.9. The lowest BCUT2D eigenvalue weighted by atomic mass is 10.1. The zero-order valence-electron chi connectivity index (χ0n) is 7.42. The Morgan fingerprint density at radius 2 is 2.31 bits per heavy atom. The molecule has 1 aliphatic heterocycles. The summed E-state index contributed by atoms with van der Waals surface area (Å²) in [5, 5.41) is 0.436. The smallest absolute Gasteiger partial charge is 0.123 e. The fourth-order valence-corrected chi connectivity index (χ4v) is 2.27. The molecule has 1 aromatic carbocycles. The highest BCUT2D eigenvalue weighted by atomic mass is 32.2. The molecular weight excluding hydrogens is 187 g/mol. The minimum Gasteiger partial charge on any atom is -0.496 e. The summed E-state index contributed by atoms with van der Waals surface area (Å²) in [5.74, 6) is 1.80. The van der Waals surface area contributed by atoms with E-state index >= 15 is 0 Å². The molecule has 0 N–H and O–H groups in total. The summed E-state index contributed by atoms with van der Waals surface area (Å²) in [6.45, 7) is 0. The van der Waals surface area contributed by atoms with Crippen LogP contribution in [-0.2, 0) is 0 Å². The van der Waals surface area contributed by atoms with E-state index < -0.39 is 0 Å². The molecule has 13 heavy (non-hydrogen) atoms. The fraction of sp³-hybridized carbons (Fsp3) is 0.400. The van der Waals surface area contributed by atoms with Crippen LogP contribution in [0.3, 0.4) is 0 Å². The Balaban J connectivity index is 2.33. The van der Waals surface area contributed by atoms with E-state index in [-0.39, 0.29) is 5.82 Å². The number of rotatable bonds is 2. The number of ether oxygens (including phenoxy) is 1.